The molecule has 0 aliphatic carbocycles. The zero-order chi connectivity index (χ0) is 14.5. The smallest absolute Gasteiger partial charge is 0.106 e. The molecule has 1 atom stereocenters. The van der Waals surface area contributed by atoms with Crippen molar-refractivity contribution in [3.63, 3.8) is 0 Å². The van der Waals surface area contributed by atoms with Crippen molar-refractivity contribution in [2.45, 2.75) is 37.8 Å². The summed E-state index contributed by atoms with van der Waals surface area (Å²) in [5.41, 5.74) is 2.12. The molecule has 20 heavy (non-hydrogen) atoms. The average Bonchev–Trinajstić information content (AvgIpc) is 2.79. The van der Waals surface area contributed by atoms with Gasteiger partial charge in [0, 0.05) is 17.2 Å². The Balaban J connectivity index is 2.02. The molecule has 1 aromatic carbocycles. The van der Waals surface area contributed by atoms with E-state index in [-0.39, 0.29) is 0 Å². The number of aromatic nitrogens is 2. The Kier molecular flexibility index (Phi) is 5.69. The molecule has 0 aliphatic heterocycles. The Morgan fingerprint density at radius 2 is 2.05 bits per heavy atom. The van der Waals surface area contributed by atoms with Crippen LogP contribution in [0.2, 0.25) is 0 Å². The molecule has 108 valence electrons. The van der Waals surface area contributed by atoms with E-state index in [4.69, 9.17) is 0 Å². The molecule has 1 aromatic heterocycles. The third kappa shape index (κ3) is 3.87. The highest BCUT2D eigenvalue weighted by Gasteiger charge is 2.17. The van der Waals surface area contributed by atoms with Crippen LogP contribution in [-0.2, 0) is 6.54 Å². The number of hydrogen-bond acceptors (Lipinski definition) is 3. The number of aliphatic hydroxyl groups is 1. The first-order valence-electron chi connectivity index (χ1n) is 6.70. The van der Waals surface area contributed by atoms with Crippen LogP contribution >= 0.6 is 27.7 Å². The number of thioether (sulfide) groups is 1. The zero-order valence-electron chi connectivity index (χ0n) is 11.7. The summed E-state index contributed by atoms with van der Waals surface area (Å²) in [6, 6.07) is 8.36. The van der Waals surface area contributed by atoms with Gasteiger partial charge in [-0.2, -0.15) is 5.10 Å². The molecule has 2 rings (SSSR count). The van der Waals surface area contributed by atoms with Gasteiger partial charge in [0.25, 0.3) is 0 Å². The van der Waals surface area contributed by atoms with Crippen LogP contribution in [0.15, 0.2) is 39.8 Å². The average molecular weight is 355 g/mol. The zero-order valence-corrected chi connectivity index (χ0v) is 14.1. The number of rotatable bonds is 6. The highest BCUT2D eigenvalue weighted by atomic mass is 79.9. The van der Waals surface area contributed by atoms with Gasteiger partial charge >= 0.3 is 0 Å². The first kappa shape index (κ1) is 15.6. The normalized spacial score (nSPS) is 12.6. The Morgan fingerprint density at radius 1 is 1.35 bits per heavy atom. The minimum atomic E-state index is -0.523. The fraction of sp³-hybridized carbons (Fsp3) is 0.400. The Hall–Kier alpha value is -0.780. The molecule has 0 spiro atoms. The SMILES string of the molecule is CCCn1ncc(Br)c1C(O)CSc1ccc(C)cc1. The molecule has 0 radical (unpaired) electrons. The van der Waals surface area contributed by atoms with Crippen LogP contribution in [0.1, 0.15) is 30.7 Å². The largest absolute Gasteiger partial charge is 0.386 e. The molecule has 1 heterocycles. The van der Waals surface area contributed by atoms with Crippen molar-refractivity contribution < 1.29 is 5.11 Å². The van der Waals surface area contributed by atoms with Gasteiger partial charge in [-0.15, -0.1) is 11.8 Å². The maximum atomic E-state index is 10.4. The van der Waals surface area contributed by atoms with Gasteiger partial charge in [0.05, 0.1) is 16.4 Å². The molecule has 0 bridgehead atoms. The minimum Gasteiger partial charge on any atom is -0.386 e. The van der Waals surface area contributed by atoms with Crippen molar-refractivity contribution in [2.75, 3.05) is 5.75 Å². The molecule has 1 unspecified atom stereocenters. The van der Waals surface area contributed by atoms with Gasteiger partial charge in [0.2, 0.25) is 0 Å². The number of aliphatic hydroxyl groups excluding tert-OH is 1. The van der Waals surface area contributed by atoms with E-state index >= 15 is 0 Å². The topological polar surface area (TPSA) is 38.0 Å². The van der Waals surface area contributed by atoms with Crippen molar-refractivity contribution in [2.24, 2.45) is 0 Å². The summed E-state index contributed by atoms with van der Waals surface area (Å²) in [6.07, 6.45) is 2.23. The summed E-state index contributed by atoms with van der Waals surface area (Å²) in [4.78, 5) is 1.17. The summed E-state index contributed by atoms with van der Waals surface area (Å²) in [5.74, 6) is 0.622. The summed E-state index contributed by atoms with van der Waals surface area (Å²) in [5, 5.41) is 14.7. The van der Waals surface area contributed by atoms with Gasteiger partial charge in [-0.05, 0) is 41.4 Å². The summed E-state index contributed by atoms with van der Waals surface area (Å²) < 4.78 is 2.76. The summed E-state index contributed by atoms with van der Waals surface area (Å²) in [6.45, 7) is 5.00. The molecule has 3 nitrogen and oxygen atoms in total. The van der Waals surface area contributed by atoms with E-state index in [0.717, 1.165) is 23.1 Å². The molecule has 0 amide bonds. The van der Waals surface area contributed by atoms with Crippen molar-refractivity contribution >= 4 is 27.7 Å². The fourth-order valence-electron chi connectivity index (χ4n) is 1.98. The van der Waals surface area contributed by atoms with Gasteiger partial charge in [-0.25, -0.2) is 0 Å². The van der Waals surface area contributed by atoms with Crippen molar-refractivity contribution in [1.29, 1.82) is 0 Å². The monoisotopic (exact) mass is 354 g/mol. The first-order valence-corrected chi connectivity index (χ1v) is 8.48. The van der Waals surface area contributed by atoms with E-state index < -0.39 is 6.10 Å². The first-order chi connectivity index (χ1) is 9.61. The molecule has 0 aliphatic rings. The molecule has 0 saturated heterocycles. The van der Waals surface area contributed by atoms with Gasteiger partial charge in [-0.3, -0.25) is 4.68 Å². The van der Waals surface area contributed by atoms with Crippen LogP contribution < -0.4 is 0 Å². The Labute approximate surface area is 132 Å². The number of halogens is 1. The third-order valence-electron chi connectivity index (χ3n) is 3.01. The molecular weight excluding hydrogens is 336 g/mol. The van der Waals surface area contributed by atoms with Crippen LogP contribution in [0.4, 0.5) is 0 Å². The molecule has 1 N–H and O–H groups in total. The lowest BCUT2D eigenvalue weighted by molar-refractivity contribution is 0.190. The van der Waals surface area contributed by atoms with Gasteiger partial charge in [0.15, 0.2) is 0 Å². The number of benzene rings is 1. The second kappa shape index (κ2) is 7.29. The van der Waals surface area contributed by atoms with Crippen molar-refractivity contribution in [3.8, 4) is 0 Å². The second-order valence-corrected chi connectivity index (χ2v) is 6.69. The van der Waals surface area contributed by atoms with Gasteiger partial charge in [-0.1, -0.05) is 24.6 Å². The Morgan fingerprint density at radius 3 is 2.70 bits per heavy atom. The fourth-order valence-corrected chi connectivity index (χ4v) is 3.38. The lowest BCUT2D eigenvalue weighted by Gasteiger charge is -2.13. The highest BCUT2D eigenvalue weighted by molar-refractivity contribution is 9.10. The van der Waals surface area contributed by atoms with Crippen LogP contribution in [0.5, 0.6) is 0 Å². The molecule has 2 aromatic rings. The Bertz CT molecular complexity index is 554. The van der Waals surface area contributed by atoms with E-state index in [1.54, 1.807) is 18.0 Å². The van der Waals surface area contributed by atoms with Crippen molar-refractivity contribution in [3.05, 3.63) is 46.2 Å². The predicted octanol–water partition coefficient (Wildman–Crippen LogP) is 4.19. The minimum absolute atomic E-state index is 0.523. The maximum Gasteiger partial charge on any atom is 0.106 e. The van der Waals surface area contributed by atoms with E-state index in [2.05, 4.69) is 59.1 Å². The van der Waals surface area contributed by atoms with Crippen LogP contribution in [-0.4, -0.2) is 20.6 Å². The van der Waals surface area contributed by atoms with Crippen LogP contribution in [0.25, 0.3) is 0 Å². The molecule has 0 saturated carbocycles. The number of hydrogen-bond donors (Lipinski definition) is 1. The third-order valence-corrected chi connectivity index (χ3v) is 4.71. The number of aryl methyl sites for hydroxylation is 2. The van der Waals surface area contributed by atoms with Crippen LogP contribution in [0.3, 0.4) is 0 Å². The lowest BCUT2D eigenvalue weighted by Crippen LogP contribution is -2.11. The van der Waals surface area contributed by atoms with Gasteiger partial charge in [0.1, 0.15) is 6.10 Å². The summed E-state index contributed by atoms with van der Waals surface area (Å²) in [7, 11) is 0. The highest BCUT2D eigenvalue weighted by Crippen LogP contribution is 2.29. The second-order valence-electron chi connectivity index (χ2n) is 4.74. The molecular formula is C15H19BrN2OS. The molecule has 5 heteroatoms. The van der Waals surface area contributed by atoms with E-state index in [1.807, 2.05) is 4.68 Å². The van der Waals surface area contributed by atoms with Crippen LogP contribution in [0, 0.1) is 6.92 Å². The standard InChI is InChI=1S/C15H19BrN2OS/c1-3-8-18-15(13(16)9-17-18)14(19)10-20-12-6-4-11(2)5-7-12/h4-7,9,14,19H,3,8,10H2,1-2H3. The number of nitrogens with zero attached hydrogens (tertiary/aromatic N) is 2. The quantitative estimate of drug-likeness (QED) is 0.790. The van der Waals surface area contributed by atoms with E-state index in [0.29, 0.717) is 5.75 Å². The predicted molar refractivity (Wildman–Crippen MR) is 87.1 cm³/mol. The van der Waals surface area contributed by atoms with Gasteiger partial charge < -0.3 is 5.11 Å². The van der Waals surface area contributed by atoms with E-state index in [9.17, 15) is 5.11 Å². The maximum absolute atomic E-state index is 10.4. The van der Waals surface area contributed by atoms with E-state index in [1.165, 1.54) is 10.5 Å². The molecule has 0 fully saturated rings. The van der Waals surface area contributed by atoms with Crippen molar-refractivity contribution in [1.82, 2.24) is 9.78 Å². The summed E-state index contributed by atoms with van der Waals surface area (Å²) >= 11 is 5.13. The lowest BCUT2D eigenvalue weighted by atomic mass is 10.2.